The number of aromatic nitrogens is 3. The number of aryl methyl sites for hydroxylation is 1. The van der Waals surface area contributed by atoms with Gasteiger partial charge in [-0.25, -0.2) is 4.98 Å². The summed E-state index contributed by atoms with van der Waals surface area (Å²) in [5.74, 6) is 1.58. The van der Waals surface area contributed by atoms with Crippen LogP contribution in [0.3, 0.4) is 0 Å². The van der Waals surface area contributed by atoms with Gasteiger partial charge in [-0.2, -0.15) is 9.61 Å². The van der Waals surface area contributed by atoms with E-state index in [1.165, 1.54) is 0 Å². The van der Waals surface area contributed by atoms with Gasteiger partial charge in [0.15, 0.2) is 5.65 Å². The minimum absolute atomic E-state index is 0.417. The molecule has 1 aliphatic carbocycles. The molecule has 7 heteroatoms. The molecular formula is C19H23N5OS. The Hall–Kier alpha value is -2.09. The third-order valence-electron chi connectivity index (χ3n) is 4.99. The van der Waals surface area contributed by atoms with Crippen molar-refractivity contribution in [2.24, 2.45) is 11.1 Å². The van der Waals surface area contributed by atoms with Crippen LogP contribution in [0.15, 0.2) is 42.6 Å². The average molecular weight is 369 g/mol. The Morgan fingerprint density at radius 1 is 1.31 bits per heavy atom. The summed E-state index contributed by atoms with van der Waals surface area (Å²) in [6.45, 7) is 2.78. The minimum Gasteiger partial charge on any atom is -0.367 e. The Bertz CT molecular complexity index is 882. The lowest BCUT2D eigenvalue weighted by Crippen LogP contribution is -2.19. The van der Waals surface area contributed by atoms with Gasteiger partial charge >= 0.3 is 0 Å². The largest absolute Gasteiger partial charge is 0.367 e. The number of benzene rings is 1. The van der Waals surface area contributed by atoms with E-state index < -0.39 is 0 Å². The van der Waals surface area contributed by atoms with Gasteiger partial charge in [0.25, 0.3) is 0 Å². The molecule has 0 saturated heterocycles. The average Bonchev–Trinajstić information content (AvgIpc) is 3.30. The van der Waals surface area contributed by atoms with Crippen molar-refractivity contribution in [3.8, 4) is 11.3 Å². The molecule has 0 spiro atoms. The van der Waals surface area contributed by atoms with E-state index in [0.29, 0.717) is 18.6 Å². The van der Waals surface area contributed by atoms with Crippen molar-refractivity contribution >= 4 is 23.7 Å². The van der Waals surface area contributed by atoms with Crippen molar-refractivity contribution in [1.82, 2.24) is 14.6 Å². The predicted molar refractivity (Wildman–Crippen MR) is 106 cm³/mol. The van der Waals surface area contributed by atoms with Gasteiger partial charge in [-0.05, 0) is 32.1 Å². The summed E-state index contributed by atoms with van der Waals surface area (Å²) in [6, 6.07) is 12.6. The zero-order valence-electron chi connectivity index (χ0n) is 14.8. The van der Waals surface area contributed by atoms with Gasteiger partial charge in [-0.1, -0.05) is 30.3 Å². The van der Waals surface area contributed by atoms with Gasteiger partial charge in [0, 0.05) is 29.4 Å². The number of nitrogens with two attached hydrogens (primary N) is 1. The second-order valence-corrected chi connectivity index (χ2v) is 7.28. The van der Waals surface area contributed by atoms with Crippen molar-refractivity contribution < 1.29 is 4.18 Å². The molecule has 0 bridgehead atoms. The highest BCUT2D eigenvalue weighted by atomic mass is 32.2. The third kappa shape index (κ3) is 3.56. The molecule has 3 aromatic rings. The highest BCUT2D eigenvalue weighted by Crippen LogP contribution is 2.30. The SMILES string of the molecule is Cc1cnc2cc(-c3ccccc3)nn2c1NC1CCC(COSN)C1. The van der Waals surface area contributed by atoms with Gasteiger partial charge in [-0.3, -0.25) is 5.14 Å². The normalized spacial score (nSPS) is 19.9. The van der Waals surface area contributed by atoms with Crippen molar-refractivity contribution in [3.63, 3.8) is 0 Å². The Kier molecular flexibility index (Phi) is 5.10. The fourth-order valence-electron chi connectivity index (χ4n) is 3.63. The van der Waals surface area contributed by atoms with E-state index in [-0.39, 0.29) is 0 Å². The number of hydrogen-bond acceptors (Lipinski definition) is 6. The van der Waals surface area contributed by atoms with E-state index in [4.69, 9.17) is 14.4 Å². The number of nitrogens with zero attached hydrogens (tertiary/aromatic N) is 3. The van der Waals surface area contributed by atoms with Gasteiger partial charge in [0.05, 0.1) is 24.5 Å². The van der Waals surface area contributed by atoms with Gasteiger partial charge in [0.2, 0.25) is 0 Å². The van der Waals surface area contributed by atoms with E-state index in [1.807, 2.05) is 35.0 Å². The maximum Gasteiger partial charge on any atom is 0.157 e. The number of rotatable bonds is 6. The summed E-state index contributed by atoms with van der Waals surface area (Å²) >= 11 is 0.956. The molecule has 1 aromatic carbocycles. The molecular weight excluding hydrogens is 346 g/mol. The lowest BCUT2D eigenvalue weighted by Gasteiger charge is -2.17. The molecule has 4 rings (SSSR count). The summed E-state index contributed by atoms with van der Waals surface area (Å²) in [7, 11) is 0. The zero-order valence-corrected chi connectivity index (χ0v) is 15.6. The van der Waals surface area contributed by atoms with E-state index >= 15 is 0 Å². The molecule has 0 radical (unpaired) electrons. The van der Waals surface area contributed by atoms with E-state index in [2.05, 4.69) is 29.4 Å². The zero-order chi connectivity index (χ0) is 17.9. The third-order valence-corrected chi connectivity index (χ3v) is 5.26. The number of nitrogens with one attached hydrogen (secondary N) is 1. The molecule has 2 unspecified atom stereocenters. The van der Waals surface area contributed by atoms with Crippen LogP contribution in [0.4, 0.5) is 5.82 Å². The summed E-state index contributed by atoms with van der Waals surface area (Å²) in [5, 5.41) is 13.8. The molecule has 0 amide bonds. The molecule has 136 valence electrons. The maximum absolute atomic E-state index is 5.36. The highest BCUT2D eigenvalue weighted by Gasteiger charge is 2.26. The molecule has 2 heterocycles. The molecule has 1 saturated carbocycles. The number of fused-ring (bicyclic) bond motifs is 1. The molecule has 1 fully saturated rings. The van der Waals surface area contributed by atoms with Crippen LogP contribution in [0.2, 0.25) is 0 Å². The van der Waals surface area contributed by atoms with E-state index in [9.17, 15) is 0 Å². The van der Waals surface area contributed by atoms with Crippen LogP contribution in [0.5, 0.6) is 0 Å². The molecule has 2 aromatic heterocycles. The van der Waals surface area contributed by atoms with Gasteiger partial charge in [0.1, 0.15) is 5.82 Å². The summed E-state index contributed by atoms with van der Waals surface area (Å²) in [6.07, 6.45) is 5.27. The second-order valence-electron chi connectivity index (χ2n) is 6.86. The summed E-state index contributed by atoms with van der Waals surface area (Å²) < 4.78 is 7.23. The fraction of sp³-hybridized carbons (Fsp3) is 0.368. The van der Waals surface area contributed by atoms with E-state index in [1.54, 1.807) is 0 Å². The lowest BCUT2D eigenvalue weighted by atomic mass is 10.1. The van der Waals surface area contributed by atoms with Crippen LogP contribution >= 0.6 is 12.2 Å². The first kappa shape index (κ1) is 17.3. The molecule has 6 nitrogen and oxygen atoms in total. The van der Waals surface area contributed by atoms with Crippen molar-refractivity contribution in [3.05, 3.63) is 48.2 Å². The van der Waals surface area contributed by atoms with E-state index in [0.717, 1.165) is 59.8 Å². The molecule has 2 atom stereocenters. The fourth-order valence-corrected chi connectivity index (χ4v) is 3.90. The molecule has 26 heavy (non-hydrogen) atoms. The van der Waals surface area contributed by atoms with Crippen molar-refractivity contribution in [2.45, 2.75) is 32.2 Å². The Balaban J connectivity index is 1.59. The summed E-state index contributed by atoms with van der Waals surface area (Å²) in [4.78, 5) is 4.54. The van der Waals surface area contributed by atoms with Crippen LogP contribution in [-0.4, -0.2) is 27.2 Å². The standard InChI is InChI=1S/C19H23N5OS/c1-13-11-21-18-10-17(15-5-3-2-4-6-15)23-24(18)19(13)22-16-8-7-14(9-16)12-25-26-20/h2-6,10-11,14,16,22H,7-9,12,20H2,1H3. The van der Waals surface area contributed by atoms with Crippen LogP contribution in [0.25, 0.3) is 16.9 Å². The monoisotopic (exact) mass is 369 g/mol. The maximum atomic E-state index is 5.36. The first-order valence-electron chi connectivity index (χ1n) is 8.90. The van der Waals surface area contributed by atoms with Crippen LogP contribution in [0.1, 0.15) is 24.8 Å². The first-order valence-corrected chi connectivity index (χ1v) is 9.71. The molecule has 1 aliphatic rings. The number of anilines is 1. The van der Waals surface area contributed by atoms with Crippen LogP contribution in [-0.2, 0) is 4.18 Å². The van der Waals surface area contributed by atoms with Crippen molar-refractivity contribution in [2.75, 3.05) is 11.9 Å². The minimum atomic E-state index is 0.417. The Morgan fingerprint density at radius 3 is 2.96 bits per heavy atom. The smallest absolute Gasteiger partial charge is 0.157 e. The van der Waals surface area contributed by atoms with Crippen molar-refractivity contribution in [1.29, 1.82) is 0 Å². The molecule has 3 N–H and O–H groups in total. The quantitative estimate of drug-likeness (QED) is 0.508. The first-order chi connectivity index (χ1) is 12.7. The second kappa shape index (κ2) is 7.65. The summed E-state index contributed by atoms with van der Waals surface area (Å²) in [5.41, 5.74) is 3.98. The highest BCUT2D eigenvalue weighted by molar-refractivity contribution is 7.92. The lowest BCUT2D eigenvalue weighted by molar-refractivity contribution is 0.290. The number of hydrogen-bond donors (Lipinski definition) is 2. The Morgan fingerprint density at radius 2 is 2.15 bits per heavy atom. The van der Waals surface area contributed by atoms with Gasteiger partial charge < -0.3 is 9.50 Å². The Labute approximate surface area is 157 Å². The van der Waals surface area contributed by atoms with Crippen LogP contribution in [0, 0.1) is 12.8 Å². The topological polar surface area (TPSA) is 77.5 Å². The molecule has 0 aliphatic heterocycles. The van der Waals surface area contributed by atoms with Crippen LogP contribution < -0.4 is 10.5 Å². The van der Waals surface area contributed by atoms with Gasteiger partial charge in [-0.15, -0.1) is 0 Å². The predicted octanol–water partition coefficient (Wildman–Crippen LogP) is 3.82.